The minimum atomic E-state index is -0.195. The minimum Gasteiger partial charge on any atom is -0.491 e. The topological polar surface area (TPSA) is 97.9 Å². The molecule has 0 saturated carbocycles. The van der Waals surface area contributed by atoms with Crippen molar-refractivity contribution in [3.63, 3.8) is 0 Å². The number of carbonyl (C=O) groups is 2. The Bertz CT molecular complexity index is 811. The molecule has 3 N–H and O–H groups in total. The average Bonchev–Trinajstić information content (AvgIpc) is 2.79. The molecule has 2 aromatic rings. The molecular formula is C23H31N3O5. The Morgan fingerprint density at radius 3 is 2.52 bits per heavy atom. The molecule has 168 valence electrons. The van der Waals surface area contributed by atoms with Gasteiger partial charge in [0.25, 0.3) is 5.91 Å². The van der Waals surface area contributed by atoms with Crippen molar-refractivity contribution in [2.24, 2.45) is 0 Å². The predicted molar refractivity (Wildman–Crippen MR) is 121 cm³/mol. The summed E-state index contributed by atoms with van der Waals surface area (Å²) in [6.07, 6.45) is 0.751. The van der Waals surface area contributed by atoms with Gasteiger partial charge in [-0.25, -0.2) is 0 Å². The lowest BCUT2D eigenvalue weighted by molar-refractivity contribution is -0.114. The van der Waals surface area contributed by atoms with Gasteiger partial charge < -0.3 is 30.2 Å². The molecule has 0 radical (unpaired) electrons. The van der Waals surface area contributed by atoms with Crippen LogP contribution < -0.4 is 20.7 Å². The Kier molecular flexibility index (Phi) is 10.9. The van der Waals surface area contributed by atoms with Gasteiger partial charge in [-0.1, -0.05) is 6.07 Å². The van der Waals surface area contributed by atoms with Crippen LogP contribution in [0, 0.1) is 0 Å². The molecule has 2 rings (SSSR count). The molecule has 0 heterocycles. The molecule has 2 amide bonds. The van der Waals surface area contributed by atoms with Gasteiger partial charge in [-0.3, -0.25) is 9.59 Å². The molecule has 0 unspecified atom stereocenters. The zero-order valence-electron chi connectivity index (χ0n) is 18.1. The molecule has 0 aliphatic heterocycles. The van der Waals surface area contributed by atoms with Crippen LogP contribution in [0.3, 0.4) is 0 Å². The summed E-state index contributed by atoms with van der Waals surface area (Å²) in [7, 11) is 1.63. The number of rotatable bonds is 14. The third-order valence-corrected chi connectivity index (χ3v) is 4.23. The Morgan fingerprint density at radius 2 is 1.77 bits per heavy atom. The smallest absolute Gasteiger partial charge is 0.251 e. The van der Waals surface area contributed by atoms with Gasteiger partial charge in [0.15, 0.2) is 0 Å². The maximum atomic E-state index is 12.2. The molecule has 0 spiro atoms. The first-order chi connectivity index (χ1) is 15.1. The van der Waals surface area contributed by atoms with Gasteiger partial charge in [0.2, 0.25) is 5.91 Å². The van der Waals surface area contributed by atoms with Gasteiger partial charge in [0.1, 0.15) is 12.4 Å². The van der Waals surface area contributed by atoms with E-state index in [4.69, 9.17) is 14.2 Å². The zero-order valence-corrected chi connectivity index (χ0v) is 18.1. The van der Waals surface area contributed by atoms with Gasteiger partial charge in [-0.05, 0) is 55.8 Å². The van der Waals surface area contributed by atoms with Crippen LogP contribution in [0.1, 0.15) is 23.7 Å². The first-order valence-electron chi connectivity index (χ1n) is 10.3. The lowest BCUT2D eigenvalue weighted by Crippen LogP contribution is -2.25. The summed E-state index contributed by atoms with van der Waals surface area (Å²) < 4.78 is 15.7. The summed E-state index contributed by atoms with van der Waals surface area (Å²) in [4.78, 5) is 24.4. The van der Waals surface area contributed by atoms with Crippen molar-refractivity contribution in [1.29, 1.82) is 0 Å². The molecule has 0 bridgehead atoms. The highest BCUT2D eigenvalue weighted by atomic mass is 16.5. The maximum Gasteiger partial charge on any atom is 0.251 e. The molecule has 0 aliphatic carbocycles. The van der Waals surface area contributed by atoms with E-state index in [1.165, 1.54) is 0 Å². The van der Waals surface area contributed by atoms with Crippen LogP contribution in [-0.2, 0) is 14.3 Å². The third kappa shape index (κ3) is 9.50. The third-order valence-electron chi connectivity index (χ3n) is 4.23. The number of amides is 2. The van der Waals surface area contributed by atoms with Crippen LogP contribution in [0.5, 0.6) is 5.75 Å². The van der Waals surface area contributed by atoms with E-state index in [1.807, 2.05) is 13.0 Å². The largest absolute Gasteiger partial charge is 0.491 e. The molecule has 0 saturated heterocycles. The molecule has 2 aromatic carbocycles. The maximum absolute atomic E-state index is 12.2. The summed E-state index contributed by atoms with van der Waals surface area (Å²) in [6, 6.07) is 14.2. The van der Waals surface area contributed by atoms with Crippen molar-refractivity contribution < 1.29 is 23.8 Å². The van der Waals surface area contributed by atoms with Gasteiger partial charge >= 0.3 is 0 Å². The summed E-state index contributed by atoms with van der Waals surface area (Å²) in [6.45, 7) is 4.83. The first kappa shape index (κ1) is 24.2. The van der Waals surface area contributed by atoms with E-state index in [0.717, 1.165) is 6.42 Å². The fourth-order valence-corrected chi connectivity index (χ4v) is 2.68. The molecule has 0 fully saturated rings. The molecule has 8 heteroatoms. The number of hydrogen-bond donors (Lipinski definition) is 3. The van der Waals surface area contributed by atoms with Crippen molar-refractivity contribution in [3.8, 4) is 5.75 Å². The van der Waals surface area contributed by atoms with Crippen molar-refractivity contribution in [2.75, 3.05) is 57.3 Å². The van der Waals surface area contributed by atoms with Crippen LogP contribution in [0.4, 0.5) is 11.4 Å². The predicted octanol–water partition coefficient (Wildman–Crippen LogP) is 2.92. The summed E-state index contributed by atoms with van der Waals surface area (Å²) >= 11 is 0. The van der Waals surface area contributed by atoms with Gasteiger partial charge in [-0.15, -0.1) is 0 Å². The molecule has 31 heavy (non-hydrogen) atoms. The van der Waals surface area contributed by atoms with Crippen molar-refractivity contribution in [1.82, 2.24) is 5.32 Å². The molecule has 0 aromatic heterocycles. The molecule has 8 nitrogen and oxygen atoms in total. The van der Waals surface area contributed by atoms with Gasteiger partial charge in [0, 0.05) is 43.8 Å². The van der Waals surface area contributed by atoms with Crippen molar-refractivity contribution in [3.05, 3.63) is 54.1 Å². The first-order valence-corrected chi connectivity index (χ1v) is 10.3. The highest BCUT2D eigenvalue weighted by molar-refractivity contribution is 5.96. The highest BCUT2D eigenvalue weighted by Gasteiger charge is 2.07. The Labute approximate surface area is 183 Å². The second-order valence-electron chi connectivity index (χ2n) is 6.65. The second kappa shape index (κ2) is 14.0. The fraction of sp³-hybridized carbons (Fsp3) is 0.391. The van der Waals surface area contributed by atoms with E-state index in [1.54, 1.807) is 49.6 Å². The summed E-state index contributed by atoms with van der Waals surface area (Å²) in [5.74, 6) is 0.361. The quantitative estimate of drug-likeness (QED) is 0.400. The van der Waals surface area contributed by atoms with Crippen LogP contribution in [-0.4, -0.2) is 58.4 Å². The normalized spacial score (nSPS) is 10.4. The summed E-state index contributed by atoms with van der Waals surface area (Å²) in [5, 5.41) is 8.70. The van der Waals surface area contributed by atoms with Crippen LogP contribution in [0.15, 0.2) is 48.5 Å². The number of hydrogen-bond acceptors (Lipinski definition) is 6. The van der Waals surface area contributed by atoms with Crippen LogP contribution >= 0.6 is 0 Å². The molecular weight excluding hydrogens is 398 g/mol. The lowest BCUT2D eigenvalue weighted by atomic mass is 10.2. The summed E-state index contributed by atoms with van der Waals surface area (Å²) in [5.41, 5.74) is 1.90. The van der Waals surface area contributed by atoms with Crippen molar-refractivity contribution in [2.45, 2.75) is 13.3 Å². The average molecular weight is 430 g/mol. The Balaban J connectivity index is 1.76. The minimum absolute atomic E-state index is 0.0749. The fourth-order valence-electron chi connectivity index (χ4n) is 2.68. The SMILES string of the molecule is CCOCCOc1ccc(NC(=O)CNc2cccc(C(=O)NCCCOC)c2)cc1. The van der Waals surface area contributed by atoms with E-state index in [2.05, 4.69) is 16.0 Å². The number of carbonyl (C=O) groups excluding carboxylic acids is 2. The number of benzene rings is 2. The van der Waals surface area contributed by atoms with E-state index in [-0.39, 0.29) is 18.4 Å². The van der Waals surface area contributed by atoms with Gasteiger partial charge in [0.05, 0.1) is 13.2 Å². The lowest BCUT2D eigenvalue weighted by Gasteiger charge is -2.10. The van der Waals surface area contributed by atoms with E-state index in [0.29, 0.717) is 55.7 Å². The van der Waals surface area contributed by atoms with Crippen LogP contribution in [0.25, 0.3) is 0 Å². The monoisotopic (exact) mass is 429 g/mol. The van der Waals surface area contributed by atoms with E-state index in [9.17, 15) is 9.59 Å². The number of nitrogens with one attached hydrogen (secondary N) is 3. The second-order valence-corrected chi connectivity index (χ2v) is 6.65. The van der Waals surface area contributed by atoms with Gasteiger partial charge in [-0.2, -0.15) is 0 Å². The Hall–Kier alpha value is -3.10. The molecule has 0 aliphatic rings. The Morgan fingerprint density at radius 1 is 0.968 bits per heavy atom. The standard InChI is InChI=1S/C23H31N3O5/c1-3-30-14-15-31-21-10-8-19(9-11-21)26-22(27)17-25-20-7-4-6-18(16-20)23(28)24-12-5-13-29-2/h4,6-11,16,25H,3,5,12-15,17H2,1-2H3,(H,24,28)(H,26,27). The molecule has 0 atom stereocenters. The van der Waals surface area contributed by atoms with E-state index < -0.39 is 0 Å². The van der Waals surface area contributed by atoms with Crippen molar-refractivity contribution >= 4 is 23.2 Å². The number of methoxy groups -OCH3 is 1. The number of anilines is 2. The van der Waals surface area contributed by atoms with E-state index >= 15 is 0 Å². The zero-order chi connectivity index (χ0) is 22.3. The highest BCUT2D eigenvalue weighted by Crippen LogP contribution is 2.16. The van der Waals surface area contributed by atoms with Crippen LogP contribution in [0.2, 0.25) is 0 Å². The number of ether oxygens (including phenoxy) is 3.